The molecule has 1 saturated carbocycles. The van der Waals surface area contributed by atoms with Gasteiger partial charge in [-0.3, -0.25) is 14.5 Å². The number of hydrogen-bond donors (Lipinski definition) is 1. The summed E-state index contributed by atoms with van der Waals surface area (Å²) in [7, 11) is 6.02. The van der Waals surface area contributed by atoms with Gasteiger partial charge in [-0.2, -0.15) is 0 Å². The normalized spacial score (nSPS) is 14.1. The van der Waals surface area contributed by atoms with Gasteiger partial charge in [0.2, 0.25) is 11.7 Å². The summed E-state index contributed by atoms with van der Waals surface area (Å²) in [6.45, 7) is 0. The van der Waals surface area contributed by atoms with Crippen molar-refractivity contribution in [3.05, 3.63) is 66.1 Å². The van der Waals surface area contributed by atoms with Crippen molar-refractivity contribution < 1.29 is 33.0 Å². The Labute approximate surface area is 216 Å². The topological polar surface area (TPSA) is 99.5 Å². The van der Waals surface area contributed by atoms with Crippen LogP contribution in [-0.2, 0) is 4.79 Å². The van der Waals surface area contributed by atoms with Crippen LogP contribution in [0.15, 0.2) is 59.2 Å². The summed E-state index contributed by atoms with van der Waals surface area (Å²) in [4.78, 5) is 29.4. The fourth-order valence-corrected chi connectivity index (χ4v) is 4.74. The summed E-state index contributed by atoms with van der Waals surface area (Å²) >= 11 is 0. The van der Waals surface area contributed by atoms with E-state index in [1.807, 2.05) is 0 Å². The number of methoxy groups -OCH3 is 4. The van der Waals surface area contributed by atoms with Crippen molar-refractivity contribution >= 4 is 17.5 Å². The van der Waals surface area contributed by atoms with E-state index in [2.05, 4.69) is 5.32 Å². The van der Waals surface area contributed by atoms with Gasteiger partial charge in [-0.25, -0.2) is 0 Å². The number of furan rings is 1. The second kappa shape index (κ2) is 11.7. The molecule has 0 bridgehead atoms. The van der Waals surface area contributed by atoms with Gasteiger partial charge < -0.3 is 28.7 Å². The van der Waals surface area contributed by atoms with Gasteiger partial charge >= 0.3 is 0 Å². The first-order valence-electron chi connectivity index (χ1n) is 12.1. The van der Waals surface area contributed by atoms with Crippen LogP contribution in [0.4, 0.5) is 5.69 Å². The van der Waals surface area contributed by atoms with E-state index < -0.39 is 11.9 Å². The fourth-order valence-electron chi connectivity index (χ4n) is 4.74. The number of nitrogens with one attached hydrogen (secondary N) is 1. The van der Waals surface area contributed by atoms with Crippen molar-refractivity contribution in [2.45, 2.75) is 37.8 Å². The number of amides is 2. The second-order valence-electron chi connectivity index (χ2n) is 8.68. The first-order chi connectivity index (χ1) is 18.0. The molecule has 2 aromatic carbocycles. The lowest BCUT2D eigenvalue weighted by atomic mass is 10.00. The van der Waals surface area contributed by atoms with Gasteiger partial charge in [0, 0.05) is 6.04 Å². The Morgan fingerprint density at radius 3 is 2.11 bits per heavy atom. The zero-order valence-corrected chi connectivity index (χ0v) is 21.5. The van der Waals surface area contributed by atoms with Crippen LogP contribution in [0.25, 0.3) is 0 Å². The van der Waals surface area contributed by atoms with Gasteiger partial charge in [0.05, 0.1) is 40.4 Å². The highest BCUT2D eigenvalue weighted by atomic mass is 16.5. The van der Waals surface area contributed by atoms with Crippen molar-refractivity contribution in [2.75, 3.05) is 33.3 Å². The van der Waals surface area contributed by atoms with E-state index in [-0.39, 0.29) is 17.7 Å². The van der Waals surface area contributed by atoms with Gasteiger partial charge in [-0.1, -0.05) is 25.0 Å². The highest BCUT2D eigenvalue weighted by Gasteiger charge is 2.38. The number of nitrogens with zero attached hydrogens (tertiary/aromatic N) is 1. The smallest absolute Gasteiger partial charge is 0.295 e. The van der Waals surface area contributed by atoms with Crippen molar-refractivity contribution in [1.29, 1.82) is 0 Å². The summed E-state index contributed by atoms with van der Waals surface area (Å²) in [5.41, 5.74) is 0.877. The summed E-state index contributed by atoms with van der Waals surface area (Å²) in [5, 5.41) is 3.15. The third-order valence-corrected chi connectivity index (χ3v) is 6.51. The quantitative estimate of drug-likeness (QED) is 0.421. The molecule has 1 atom stereocenters. The van der Waals surface area contributed by atoms with Gasteiger partial charge in [-0.15, -0.1) is 0 Å². The largest absolute Gasteiger partial charge is 0.495 e. The molecule has 1 aliphatic rings. The number of carbonyl (C=O) groups is 2. The summed E-state index contributed by atoms with van der Waals surface area (Å²) < 4.78 is 27.7. The van der Waals surface area contributed by atoms with Gasteiger partial charge in [0.15, 0.2) is 17.3 Å². The molecular weight excluding hydrogens is 476 g/mol. The maximum absolute atomic E-state index is 14.1. The van der Waals surface area contributed by atoms with Crippen LogP contribution < -0.4 is 29.2 Å². The second-order valence-corrected chi connectivity index (χ2v) is 8.68. The van der Waals surface area contributed by atoms with Gasteiger partial charge in [0.1, 0.15) is 11.8 Å². The molecule has 1 fully saturated rings. The molecule has 0 radical (unpaired) electrons. The van der Waals surface area contributed by atoms with Crippen LogP contribution in [0.3, 0.4) is 0 Å². The molecule has 9 heteroatoms. The molecule has 9 nitrogen and oxygen atoms in total. The van der Waals surface area contributed by atoms with E-state index in [0.29, 0.717) is 34.2 Å². The number of benzene rings is 2. The number of anilines is 1. The molecule has 0 aliphatic heterocycles. The van der Waals surface area contributed by atoms with E-state index in [1.165, 1.54) is 39.6 Å². The molecule has 196 valence electrons. The van der Waals surface area contributed by atoms with E-state index in [4.69, 9.17) is 23.4 Å². The van der Waals surface area contributed by atoms with Crippen molar-refractivity contribution in [2.24, 2.45) is 0 Å². The number of hydrogen-bond acceptors (Lipinski definition) is 7. The molecule has 1 heterocycles. The average Bonchev–Trinajstić information content (AvgIpc) is 3.65. The molecule has 0 spiro atoms. The minimum Gasteiger partial charge on any atom is -0.495 e. The Bertz CT molecular complexity index is 1190. The van der Waals surface area contributed by atoms with Crippen LogP contribution in [0, 0.1) is 0 Å². The molecule has 4 rings (SSSR count). The predicted octanol–water partition coefficient (Wildman–Crippen LogP) is 4.76. The number of ether oxygens (including phenoxy) is 4. The highest BCUT2D eigenvalue weighted by Crippen LogP contribution is 2.43. The van der Waals surface area contributed by atoms with E-state index >= 15 is 0 Å². The number of carbonyl (C=O) groups excluding carboxylic acids is 2. The Morgan fingerprint density at radius 2 is 1.54 bits per heavy atom. The standard InChI is InChI=1S/C28H32N2O7/c1-33-21-13-8-7-12-20(21)30(28(32)22-14-9-15-37-22)25(27(31)29-19-10-5-6-11-19)18-16-23(34-2)26(36-4)24(17-18)35-3/h7-9,12-17,19,25H,5-6,10-11H2,1-4H3,(H,29,31). The third-order valence-electron chi connectivity index (χ3n) is 6.51. The molecule has 0 saturated heterocycles. The molecule has 1 aromatic heterocycles. The monoisotopic (exact) mass is 508 g/mol. The van der Waals surface area contributed by atoms with E-state index in [1.54, 1.807) is 48.5 Å². The highest BCUT2D eigenvalue weighted by molar-refractivity contribution is 6.09. The minimum atomic E-state index is -1.11. The van der Waals surface area contributed by atoms with E-state index in [0.717, 1.165) is 25.7 Å². The molecular formula is C28H32N2O7. The number of rotatable bonds is 10. The zero-order valence-electron chi connectivity index (χ0n) is 21.5. The maximum atomic E-state index is 14.1. The zero-order chi connectivity index (χ0) is 26.4. The lowest BCUT2D eigenvalue weighted by Crippen LogP contribution is -2.46. The predicted molar refractivity (Wildman–Crippen MR) is 138 cm³/mol. The van der Waals surface area contributed by atoms with Crippen molar-refractivity contribution in [3.63, 3.8) is 0 Å². The number of para-hydroxylation sites is 2. The Kier molecular flexibility index (Phi) is 8.22. The van der Waals surface area contributed by atoms with Crippen LogP contribution >= 0.6 is 0 Å². The van der Waals surface area contributed by atoms with Gasteiger partial charge in [0.25, 0.3) is 5.91 Å². The van der Waals surface area contributed by atoms with Crippen LogP contribution in [-0.4, -0.2) is 46.3 Å². The van der Waals surface area contributed by atoms with Gasteiger partial charge in [-0.05, 0) is 54.8 Å². The van der Waals surface area contributed by atoms with Crippen LogP contribution in [0.1, 0.15) is 47.8 Å². The summed E-state index contributed by atoms with van der Waals surface area (Å²) in [6, 6.07) is 12.5. The molecule has 1 unspecified atom stereocenters. The first-order valence-corrected chi connectivity index (χ1v) is 12.1. The van der Waals surface area contributed by atoms with Crippen molar-refractivity contribution in [1.82, 2.24) is 5.32 Å². The molecule has 3 aromatic rings. The average molecular weight is 509 g/mol. The lowest BCUT2D eigenvalue weighted by Gasteiger charge is -2.33. The van der Waals surface area contributed by atoms with Crippen LogP contribution in [0.2, 0.25) is 0 Å². The van der Waals surface area contributed by atoms with E-state index in [9.17, 15) is 9.59 Å². The molecule has 1 aliphatic carbocycles. The Hall–Kier alpha value is -4.14. The molecule has 1 N–H and O–H groups in total. The lowest BCUT2D eigenvalue weighted by molar-refractivity contribution is -0.123. The summed E-state index contributed by atoms with van der Waals surface area (Å²) in [6.07, 6.45) is 5.27. The Balaban J connectivity index is 1.93. The Morgan fingerprint density at radius 1 is 0.892 bits per heavy atom. The van der Waals surface area contributed by atoms with Crippen LogP contribution in [0.5, 0.6) is 23.0 Å². The molecule has 37 heavy (non-hydrogen) atoms. The minimum absolute atomic E-state index is 0.0234. The fraction of sp³-hybridized carbons (Fsp3) is 0.357. The van der Waals surface area contributed by atoms with Crippen molar-refractivity contribution in [3.8, 4) is 23.0 Å². The summed E-state index contributed by atoms with van der Waals surface area (Å²) in [5.74, 6) is 0.763. The first kappa shape index (κ1) is 25.9. The molecule has 2 amide bonds. The maximum Gasteiger partial charge on any atom is 0.295 e. The third kappa shape index (κ3) is 5.35. The SMILES string of the molecule is COc1ccccc1N(C(=O)c1ccco1)C(C(=O)NC1CCCC1)c1cc(OC)c(OC)c(OC)c1.